The number of amides is 1. The molecule has 0 aliphatic heterocycles. The van der Waals surface area contributed by atoms with Gasteiger partial charge in [0.15, 0.2) is 0 Å². The first-order chi connectivity index (χ1) is 14.3. The molecule has 0 fully saturated rings. The van der Waals surface area contributed by atoms with E-state index in [4.69, 9.17) is 9.15 Å². The molecule has 0 atom stereocenters. The van der Waals surface area contributed by atoms with Crippen LogP contribution in [-0.4, -0.2) is 40.0 Å². The first-order valence-corrected chi connectivity index (χ1v) is 9.83. The summed E-state index contributed by atoms with van der Waals surface area (Å²) in [5, 5.41) is 0.0269. The van der Waals surface area contributed by atoms with Crippen molar-refractivity contribution in [2.24, 2.45) is 0 Å². The maximum Gasteiger partial charge on any atom is 0.342 e. The Morgan fingerprint density at radius 2 is 1.83 bits per heavy atom. The molecular formula is C22H25N3O5. The third-order valence-electron chi connectivity index (χ3n) is 4.92. The zero-order chi connectivity index (χ0) is 21.8. The monoisotopic (exact) mass is 411 g/mol. The van der Waals surface area contributed by atoms with E-state index in [9.17, 15) is 14.4 Å². The van der Waals surface area contributed by atoms with Gasteiger partial charge in [-0.15, -0.1) is 0 Å². The Hall–Kier alpha value is -3.42. The highest BCUT2D eigenvalue weighted by molar-refractivity contribution is 6.03. The Bertz CT molecular complexity index is 1130. The van der Waals surface area contributed by atoms with Crippen molar-refractivity contribution in [2.75, 3.05) is 13.7 Å². The Morgan fingerprint density at radius 1 is 1.17 bits per heavy atom. The summed E-state index contributed by atoms with van der Waals surface area (Å²) in [6.07, 6.45) is 2.21. The van der Waals surface area contributed by atoms with Crippen molar-refractivity contribution in [3.63, 3.8) is 0 Å². The highest BCUT2D eigenvalue weighted by atomic mass is 16.5. The minimum atomic E-state index is -0.649. The molecule has 30 heavy (non-hydrogen) atoms. The van der Waals surface area contributed by atoms with Crippen LogP contribution in [0, 0.1) is 6.92 Å². The smallest absolute Gasteiger partial charge is 0.342 e. The van der Waals surface area contributed by atoms with Gasteiger partial charge < -0.3 is 14.1 Å². The predicted octanol–water partition coefficient (Wildman–Crippen LogP) is 2.70. The van der Waals surface area contributed by atoms with Crippen LogP contribution in [0.4, 0.5) is 0 Å². The molecule has 0 saturated carbocycles. The molecule has 8 nitrogen and oxygen atoms in total. The Labute approximate surface area is 174 Å². The zero-order valence-corrected chi connectivity index (χ0v) is 17.6. The van der Waals surface area contributed by atoms with Gasteiger partial charge in [-0.25, -0.2) is 9.78 Å². The number of aryl methyl sites for hydroxylation is 2. The molecule has 2 aromatic heterocycles. The summed E-state index contributed by atoms with van der Waals surface area (Å²) in [5.41, 5.74) is 1.81. The molecule has 0 N–H and O–H groups in total. The third kappa shape index (κ3) is 4.27. The number of furan rings is 1. The van der Waals surface area contributed by atoms with Crippen LogP contribution in [0.5, 0.6) is 0 Å². The van der Waals surface area contributed by atoms with Crippen molar-refractivity contribution >= 4 is 23.0 Å². The first-order valence-electron chi connectivity index (χ1n) is 9.83. The first kappa shape index (κ1) is 21.3. The van der Waals surface area contributed by atoms with Gasteiger partial charge in [-0.2, -0.15) is 0 Å². The second-order valence-corrected chi connectivity index (χ2v) is 7.03. The maximum absolute atomic E-state index is 12.9. The Kier molecular flexibility index (Phi) is 6.34. The highest BCUT2D eigenvalue weighted by Gasteiger charge is 2.24. The summed E-state index contributed by atoms with van der Waals surface area (Å²) < 4.78 is 11.6. The van der Waals surface area contributed by atoms with E-state index in [0.29, 0.717) is 6.54 Å². The van der Waals surface area contributed by atoms with E-state index in [1.165, 1.54) is 16.5 Å². The molecule has 0 spiro atoms. The van der Waals surface area contributed by atoms with Crippen LogP contribution in [0.2, 0.25) is 0 Å². The van der Waals surface area contributed by atoms with Crippen molar-refractivity contribution in [3.8, 4) is 0 Å². The topological polar surface area (TPSA) is 94.6 Å². The van der Waals surface area contributed by atoms with E-state index in [2.05, 4.69) is 11.9 Å². The van der Waals surface area contributed by atoms with Crippen LogP contribution in [0.1, 0.15) is 41.1 Å². The number of nitrogens with zero attached hydrogens (tertiary/aromatic N) is 3. The molecule has 8 heteroatoms. The summed E-state index contributed by atoms with van der Waals surface area (Å²) in [7, 11) is 1.68. The molecule has 0 unspecified atom stereocenters. The average Bonchev–Trinajstić information content (AvgIpc) is 3.07. The van der Waals surface area contributed by atoms with Crippen LogP contribution < -0.4 is 5.56 Å². The number of ether oxygens (including phenoxy) is 1. The number of likely N-dealkylation sites (N-methyl/N-ethyl adjacent to an activating group) is 1. The molecule has 0 aliphatic carbocycles. The lowest BCUT2D eigenvalue weighted by Crippen LogP contribution is -2.34. The standard InChI is InChI=1S/C22H25N3O5/c1-5-15-7-9-16(10-8-15)11-24(4)17(26)12-25-13-23-20-19(21(25)27)18(14(3)30-20)22(28)29-6-2/h7-10,13H,5-6,11-12H2,1-4H3. The SMILES string of the molecule is CCOC(=O)c1c(C)oc2ncn(CC(=O)N(C)Cc3ccc(CC)cc3)c(=O)c12. The fourth-order valence-electron chi connectivity index (χ4n) is 3.21. The quantitative estimate of drug-likeness (QED) is 0.555. The molecule has 2 heterocycles. The summed E-state index contributed by atoms with van der Waals surface area (Å²) in [6.45, 7) is 5.73. The number of hydrogen-bond donors (Lipinski definition) is 0. The summed E-state index contributed by atoms with van der Waals surface area (Å²) in [5.74, 6) is -0.648. The lowest BCUT2D eigenvalue weighted by Gasteiger charge is -2.18. The summed E-state index contributed by atoms with van der Waals surface area (Å²) in [4.78, 5) is 43.5. The lowest BCUT2D eigenvalue weighted by molar-refractivity contribution is -0.131. The van der Waals surface area contributed by atoms with Crippen molar-refractivity contribution in [1.82, 2.24) is 14.5 Å². The van der Waals surface area contributed by atoms with E-state index in [1.807, 2.05) is 24.3 Å². The molecular weight excluding hydrogens is 386 g/mol. The van der Waals surface area contributed by atoms with Crippen molar-refractivity contribution in [1.29, 1.82) is 0 Å². The second kappa shape index (κ2) is 8.94. The zero-order valence-electron chi connectivity index (χ0n) is 17.6. The van der Waals surface area contributed by atoms with Gasteiger partial charge in [-0.1, -0.05) is 31.2 Å². The molecule has 3 aromatic rings. The molecule has 3 rings (SSSR count). The number of aromatic nitrogens is 2. The van der Waals surface area contributed by atoms with Crippen LogP contribution in [0.15, 0.2) is 39.8 Å². The van der Waals surface area contributed by atoms with Gasteiger partial charge in [0.05, 0.1) is 6.61 Å². The molecule has 158 valence electrons. The minimum Gasteiger partial charge on any atom is -0.462 e. The van der Waals surface area contributed by atoms with Gasteiger partial charge >= 0.3 is 5.97 Å². The van der Waals surface area contributed by atoms with Crippen LogP contribution >= 0.6 is 0 Å². The average molecular weight is 411 g/mol. The number of carbonyl (C=O) groups excluding carboxylic acids is 2. The highest BCUT2D eigenvalue weighted by Crippen LogP contribution is 2.21. The second-order valence-electron chi connectivity index (χ2n) is 7.03. The fourth-order valence-corrected chi connectivity index (χ4v) is 3.21. The van der Waals surface area contributed by atoms with Gasteiger partial charge in [0, 0.05) is 13.6 Å². The summed E-state index contributed by atoms with van der Waals surface area (Å²) >= 11 is 0. The van der Waals surface area contributed by atoms with Crippen LogP contribution in [0.25, 0.3) is 11.1 Å². The van der Waals surface area contributed by atoms with E-state index in [1.54, 1.807) is 25.8 Å². The molecule has 1 amide bonds. The molecule has 0 bridgehead atoms. The van der Waals surface area contributed by atoms with Crippen molar-refractivity contribution in [3.05, 3.63) is 63.4 Å². The summed E-state index contributed by atoms with van der Waals surface area (Å²) in [6, 6.07) is 8.05. The fraction of sp³-hybridized carbons (Fsp3) is 0.364. The van der Waals surface area contributed by atoms with Crippen LogP contribution in [-0.2, 0) is 29.0 Å². The number of rotatable bonds is 7. The number of hydrogen-bond acceptors (Lipinski definition) is 6. The third-order valence-corrected chi connectivity index (χ3v) is 4.92. The number of carbonyl (C=O) groups is 2. The molecule has 1 aromatic carbocycles. The number of esters is 1. The number of benzene rings is 1. The molecule has 0 radical (unpaired) electrons. The predicted molar refractivity (Wildman–Crippen MR) is 111 cm³/mol. The maximum atomic E-state index is 12.9. The van der Waals surface area contributed by atoms with E-state index in [0.717, 1.165) is 12.0 Å². The van der Waals surface area contributed by atoms with E-state index < -0.39 is 11.5 Å². The van der Waals surface area contributed by atoms with E-state index in [-0.39, 0.29) is 41.5 Å². The minimum absolute atomic E-state index is 0.0269. The normalized spacial score (nSPS) is 10.9. The largest absolute Gasteiger partial charge is 0.462 e. The van der Waals surface area contributed by atoms with E-state index >= 15 is 0 Å². The van der Waals surface area contributed by atoms with Crippen molar-refractivity contribution < 1.29 is 18.7 Å². The van der Waals surface area contributed by atoms with Gasteiger partial charge in [0.1, 0.15) is 29.6 Å². The van der Waals surface area contributed by atoms with Gasteiger partial charge in [-0.3, -0.25) is 14.2 Å². The lowest BCUT2D eigenvalue weighted by atomic mass is 10.1. The van der Waals surface area contributed by atoms with Crippen molar-refractivity contribution in [2.45, 2.75) is 40.3 Å². The number of fused-ring (bicyclic) bond motifs is 1. The van der Waals surface area contributed by atoms with Crippen LogP contribution in [0.3, 0.4) is 0 Å². The Balaban J connectivity index is 1.83. The van der Waals surface area contributed by atoms with Gasteiger partial charge in [0.25, 0.3) is 5.56 Å². The van der Waals surface area contributed by atoms with Gasteiger partial charge in [0.2, 0.25) is 11.6 Å². The Morgan fingerprint density at radius 3 is 2.47 bits per heavy atom. The molecule has 0 saturated heterocycles. The van der Waals surface area contributed by atoms with Gasteiger partial charge in [-0.05, 0) is 31.4 Å². The molecule has 0 aliphatic rings.